The van der Waals surface area contributed by atoms with Gasteiger partial charge in [0.05, 0.1) is 5.52 Å². The molecule has 1 fully saturated rings. The Labute approximate surface area is 144 Å². The van der Waals surface area contributed by atoms with Crippen LogP contribution in [-0.4, -0.2) is 31.0 Å². The molecule has 0 saturated heterocycles. The first-order valence-corrected chi connectivity index (χ1v) is 8.58. The zero-order valence-corrected chi connectivity index (χ0v) is 14.3. The molecule has 3 aromatic rings. The Balaban J connectivity index is 1.64. The maximum atomic E-state index is 12.9. The van der Waals surface area contributed by atoms with Gasteiger partial charge in [0, 0.05) is 19.0 Å². The van der Waals surface area contributed by atoms with E-state index < -0.39 is 5.54 Å². The number of aromatic nitrogens is 5. The van der Waals surface area contributed by atoms with Crippen LogP contribution in [0.25, 0.3) is 11.0 Å². The molecule has 2 heterocycles. The summed E-state index contributed by atoms with van der Waals surface area (Å²) in [4.78, 5) is 17.2. The van der Waals surface area contributed by atoms with Crippen LogP contribution in [0.15, 0.2) is 22.7 Å². The van der Waals surface area contributed by atoms with E-state index in [-0.39, 0.29) is 5.91 Å². The lowest BCUT2D eigenvalue weighted by Crippen LogP contribution is -2.44. The molecule has 8 heteroatoms. The van der Waals surface area contributed by atoms with E-state index in [2.05, 4.69) is 25.8 Å². The number of hydrogen-bond donors (Lipinski definition) is 1. The first-order chi connectivity index (χ1) is 12.1. The molecular weight excluding hydrogens is 320 g/mol. The number of nitrogens with zero attached hydrogens (tertiary/aromatic N) is 5. The lowest BCUT2D eigenvalue weighted by atomic mass is 9.96. The number of nitrogens with one attached hydrogen (secondary N) is 1. The smallest absolute Gasteiger partial charge is 0.252 e. The van der Waals surface area contributed by atoms with Crippen LogP contribution in [0.4, 0.5) is 0 Å². The summed E-state index contributed by atoms with van der Waals surface area (Å²) in [7, 11) is 0. The van der Waals surface area contributed by atoms with Crippen molar-refractivity contribution in [1.82, 2.24) is 30.5 Å². The molecule has 0 radical (unpaired) electrons. The molecule has 0 spiro atoms. The Bertz CT molecular complexity index is 922. The standard InChI is InChI=1S/C17H20N6O2/c1-3-23-14-7-6-12(10-13(14)20-22-23)15(24)19-17(8-4-5-9-17)16-18-11(2)25-21-16/h6-7,10H,3-5,8-9H2,1-2H3,(H,19,24). The molecule has 0 unspecified atom stereocenters. The predicted molar refractivity (Wildman–Crippen MR) is 89.8 cm³/mol. The van der Waals surface area contributed by atoms with Gasteiger partial charge in [0.2, 0.25) is 5.89 Å². The molecule has 0 atom stereocenters. The fourth-order valence-electron chi connectivity index (χ4n) is 3.51. The minimum atomic E-state index is -0.551. The zero-order chi connectivity index (χ0) is 17.4. The number of hydrogen-bond acceptors (Lipinski definition) is 6. The molecule has 1 aliphatic rings. The van der Waals surface area contributed by atoms with E-state index in [0.717, 1.165) is 37.7 Å². The largest absolute Gasteiger partial charge is 0.340 e. The van der Waals surface area contributed by atoms with Gasteiger partial charge in [-0.15, -0.1) is 5.10 Å². The van der Waals surface area contributed by atoms with E-state index in [0.29, 0.717) is 22.8 Å². The van der Waals surface area contributed by atoms with Crippen LogP contribution in [0.5, 0.6) is 0 Å². The van der Waals surface area contributed by atoms with Crippen LogP contribution in [0.1, 0.15) is 54.7 Å². The molecule has 1 N–H and O–H groups in total. The number of amides is 1. The Hall–Kier alpha value is -2.77. The highest BCUT2D eigenvalue weighted by atomic mass is 16.5. The summed E-state index contributed by atoms with van der Waals surface area (Å²) >= 11 is 0. The molecule has 25 heavy (non-hydrogen) atoms. The maximum Gasteiger partial charge on any atom is 0.252 e. The second-order valence-electron chi connectivity index (χ2n) is 6.49. The van der Waals surface area contributed by atoms with E-state index in [1.54, 1.807) is 23.7 Å². The van der Waals surface area contributed by atoms with Crippen LogP contribution < -0.4 is 5.32 Å². The number of benzene rings is 1. The van der Waals surface area contributed by atoms with Crippen molar-refractivity contribution in [2.24, 2.45) is 0 Å². The van der Waals surface area contributed by atoms with Crippen molar-refractivity contribution >= 4 is 16.9 Å². The Morgan fingerprint density at radius 1 is 1.36 bits per heavy atom. The van der Waals surface area contributed by atoms with Crippen molar-refractivity contribution in [3.05, 3.63) is 35.5 Å². The summed E-state index contributed by atoms with van der Waals surface area (Å²) in [6.07, 6.45) is 3.67. The second kappa shape index (κ2) is 5.94. The Kier molecular flexibility index (Phi) is 3.74. The van der Waals surface area contributed by atoms with E-state index in [1.807, 2.05) is 13.0 Å². The lowest BCUT2D eigenvalue weighted by molar-refractivity contribution is 0.0892. The normalized spacial score (nSPS) is 16.4. The molecule has 0 bridgehead atoms. The number of carbonyl (C=O) groups is 1. The van der Waals surface area contributed by atoms with Gasteiger partial charge in [-0.3, -0.25) is 4.79 Å². The molecule has 1 saturated carbocycles. The summed E-state index contributed by atoms with van der Waals surface area (Å²) in [5.74, 6) is 0.916. The molecular formula is C17H20N6O2. The molecule has 0 aliphatic heterocycles. The van der Waals surface area contributed by atoms with Crippen LogP contribution in [-0.2, 0) is 12.1 Å². The van der Waals surface area contributed by atoms with Gasteiger partial charge in [-0.1, -0.05) is 23.2 Å². The lowest BCUT2D eigenvalue weighted by Gasteiger charge is -2.26. The number of rotatable bonds is 4. The number of aryl methyl sites for hydroxylation is 2. The molecule has 4 rings (SSSR count). The van der Waals surface area contributed by atoms with E-state index >= 15 is 0 Å². The first-order valence-electron chi connectivity index (χ1n) is 8.58. The van der Waals surface area contributed by atoms with Crippen LogP contribution >= 0.6 is 0 Å². The van der Waals surface area contributed by atoms with Gasteiger partial charge in [0.15, 0.2) is 5.82 Å². The predicted octanol–water partition coefficient (Wildman–Crippen LogP) is 2.34. The molecule has 2 aromatic heterocycles. The molecule has 1 amide bonds. The van der Waals surface area contributed by atoms with Crippen molar-refractivity contribution in [3.8, 4) is 0 Å². The van der Waals surface area contributed by atoms with E-state index in [9.17, 15) is 4.79 Å². The summed E-state index contributed by atoms with van der Waals surface area (Å²) in [5, 5.41) is 15.4. The average Bonchev–Trinajstić information content (AvgIpc) is 3.33. The van der Waals surface area contributed by atoms with Crippen molar-refractivity contribution < 1.29 is 9.32 Å². The van der Waals surface area contributed by atoms with E-state index in [1.165, 1.54) is 0 Å². The van der Waals surface area contributed by atoms with Gasteiger partial charge in [-0.2, -0.15) is 4.98 Å². The highest BCUT2D eigenvalue weighted by molar-refractivity contribution is 5.97. The third-order valence-electron chi connectivity index (χ3n) is 4.84. The fraction of sp³-hybridized carbons (Fsp3) is 0.471. The number of fused-ring (bicyclic) bond motifs is 1. The van der Waals surface area contributed by atoms with Crippen LogP contribution in [0, 0.1) is 6.92 Å². The summed E-state index contributed by atoms with van der Waals surface area (Å²) < 4.78 is 6.93. The van der Waals surface area contributed by atoms with Gasteiger partial charge < -0.3 is 9.84 Å². The van der Waals surface area contributed by atoms with Crippen molar-refractivity contribution in [3.63, 3.8) is 0 Å². The SMILES string of the molecule is CCn1nnc2cc(C(=O)NC3(c4noc(C)n4)CCCC3)ccc21. The highest BCUT2D eigenvalue weighted by Gasteiger charge is 2.41. The fourth-order valence-corrected chi connectivity index (χ4v) is 3.51. The molecule has 1 aliphatic carbocycles. The van der Waals surface area contributed by atoms with Crippen LogP contribution in [0.3, 0.4) is 0 Å². The second-order valence-corrected chi connectivity index (χ2v) is 6.49. The van der Waals surface area contributed by atoms with E-state index in [4.69, 9.17) is 4.52 Å². The van der Waals surface area contributed by atoms with Gasteiger partial charge >= 0.3 is 0 Å². The monoisotopic (exact) mass is 340 g/mol. The topological polar surface area (TPSA) is 98.7 Å². The maximum absolute atomic E-state index is 12.9. The van der Waals surface area contributed by atoms with Crippen molar-refractivity contribution in [2.45, 2.75) is 51.6 Å². The Morgan fingerprint density at radius 2 is 2.16 bits per heavy atom. The van der Waals surface area contributed by atoms with Crippen molar-refractivity contribution in [1.29, 1.82) is 0 Å². The minimum Gasteiger partial charge on any atom is -0.340 e. The van der Waals surface area contributed by atoms with Crippen molar-refractivity contribution in [2.75, 3.05) is 0 Å². The molecule has 8 nitrogen and oxygen atoms in total. The third-order valence-corrected chi connectivity index (χ3v) is 4.84. The third kappa shape index (κ3) is 2.67. The first kappa shape index (κ1) is 15.7. The summed E-state index contributed by atoms with van der Waals surface area (Å²) in [6, 6.07) is 5.46. The Morgan fingerprint density at radius 3 is 2.84 bits per heavy atom. The van der Waals surface area contributed by atoms with Crippen LogP contribution in [0.2, 0.25) is 0 Å². The van der Waals surface area contributed by atoms with Gasteiger partial charge in [0.1, 0.15) is 11.1 Å². The molecule has 1 aromatic carbocycles. The van der Waals surface area contributed by atoms with Gasteiger partial charge in [-0.05, 0) is 38.0 Å². The quantitative estimate of drug-likeness (QED) is 0.782. The minimum absolute atomic E-state index is 0.155. The highest BCUT2D eigenvalue weighted by Crippen LogP contribution is 2.37. The number of carbonyl (C=O) groups excluding carboxylic acids is 1. The van der Waals surface area contributed by atoms with Gasteiger partial charge in [-0.25, -0.2) is 4.68 Å². The summed E-state index contributed by atoms with van der Waals surface area (Å²) in [6.45, 7) is 4.50. The van der Waals surface area contributed by atoms with Gasteiger partial charge in [0.25, 0.3) is 5.91 Å². The zero-order valence-electron chi connectivity index (χ0n) is 14.3. The average molecular weight is 340 g/mol. The molecule has 130 valence electrons. The summed E-state index contributed by atoms with van der Waals surface area (Å²) in [5.41, 5.74) is 1.64.